The Bertz CT molecular complexity index is 440. The molecule has 0 saturated carbocycles. The molecule has 17 heavy (non-hydrogen) atoms. The second kappa shape index (κ2) is 5.50. The summed E-state index contributed by atoms with van der Waals surface area (Å²) in [7, 11) is -2.48. The van der Waals surface area contributed by atoms with Gasteiger partial charge in [0.2, 0.25) is 0 Å². The van der Waals surface area contributed by atoms with Crippen molar-refractivity contribution in [2.75, 3.05) is 11.1 Å². The molecule has 6 nitrogen and oxygen atoms in total. The van der Waals surface area contributed by atoms with Crippen LogP contribution in [0, 0.1) is 0 Å². The first kappa shape index (κ1) is 14.0. The Morgan fingerprint density at radius 3 is 2.29 bits per heavy atom. The molecule has 1 rings (SSSR count). The number of rotatable bonds is 4. The van der Waals surface area contributed by atoms with E-state index < -0.39 is 13.8 Å². The first-order valence-corrected chi connectivity index (χ1v) is 6.99. The Morgan fingerprint density at radius 1 is 1.35 bits per heavy atom. The monoisotopic (exact) mass is 278 g/mol. The van der Waals surface area contributed by atoms with Crippen molar-refractivity contribution >= 4 is 31.6 Å². The molecule has 0 atom stereocenters. The number of amides is 1. The van der Waals surface area contributed by atoms with E-state index in [-0.39, 0.29) is 0 Å². The lowest BCUT2D eigenvalue weighted by Crippen LogP contribution is -2.28. The molecule has 94 valence electrons. The van der Waals surface area contributed by atoms with Crippen molar-refractivity contribution in [3.8, 4) is 0 Å². The number of anilines is 1. The van der Waals surface area contributed by atoms with Crippen LogP contribution in [0.4, 0.5) is 14.9 Å². The summed E-state index contributed by atoms with van der Waals surface area (Å²) in [6, 6.07) is 8.28. The van der Waals surface area contributed by atoms with E-state index >= 15 is 0 Å². The minimum atomic E-state index is -3.66. The molecule has 4 N–H and O–H groups in total. The molecular weight excluding hydrogens is 266 g/mol. The molecule has 1 aromatic carbocycles. The van der Waals surface area contributed by atoms with Crippen molar-refractivity contribution in [2.45, 2.75) is 0 Å². The molecule has 0 aromatic heterocycles. The fourth-order valence-corrected chi connectivity index (χ4v) is 2.78. The topological polar surface area (TPSA) is 92.7 Å². The third-order valence-electron chi connectivity index (χ3n) is 1.71. The molecule has 0 radical (unpaired) electrons. The summed E-state index contributed by atoms with van der Waals surface area (Å²) in [6.07, 6.45) is -1.69. The number of para-hydroxylation sites is 1. The van der Waals surface area contributed by atoms with E-state index in [4.69, 9.17) is 11.0 Å². The molecule has 0 heterocycles. The molecule has 9 heteroatoms. The first-order chi connectivity index (χ1) is 7.82. The van der Waals surface area contributed by atoms with E-state index in [2.05, 4.69) is 0 Å². The summed E-state index contributed by atoms with van der Waals surface area (Å²) in [4.78, 5) is 10.5. The second-order valence-corrected chi connectivity index (χ2v) is 6.20. The van der Waals surface area contributed by atoms with Crippen LogP contribution in [0.3, 0.4) is 0 Å². The van der Waals surface area contributed by atoms with Crippen LogP contribution in [0.15, 0.2) is 30.3 Å². The standard InChI is InChI=1S/C8H12FN4O2PS/c1-12(8(9)14)17-13(16(10,11)15)7-5-3-2-4-6-7/h2-6H,1H3,(H4,10,11,15). The number of halogens is 1. The zero-order valence-corrected chi connectivity index (χ0v) is 10.7. The fourth-order valence-electron chi connectivity index (χ4n) is 0.988. The molecule has 0 aliphatic rings. The van der Waals surface area contributed by atoms with Crippen molar-refractivity contribution in [1.29, 1.82) is 0 Å². The van der Waals surface area contributed by atoms with Gasteiger partial charge in [0.1, 0.15) is 0 Å². The molecule has 0 saturated heterocycles. The quantitative estimate of drug-likeness (QED) is 0.379. The summed E-state index contributed by atoms with van der Waals surface area (Å²) in [5.74, 6) is 0. The van der Waals surface area contributed by atoms with Crippen molar-refractivity contribution < 1.29 is 13.8 Å². The van der Waals surface area contributed by atoms with Crippen LogP contribution in [0.2, 0.25) is 0 Å². The SMILES string of the molecule is CN(SN(c1ccccc1)P(N)(N)=O)C(=O)F. The van der Waals surface area contributed by atoms with Gasteiger partial charge in [-0.15, -0.1) is 4.39 Å². The van der Waals surface area contributed by atoms with Crippen LogP contribution in [0.1, 0.15) is 0 Å². The molecule has 1 amide bonds. The van der Waals surface area contributed by atoms with Gasteiger partial charge < -0.3 is 0 Å². The summed E-state index contributed by atoms with van der Waals surface area (Å²) in [6.45, 7) is 0. The van der Waals surface area contributed by atoms with Gasteiger partial charge in [-0.3, -0.25) is 15.6 Å². The third-order valence-corrected chi connectivity index (χ3v) is 4.25. The second-order valence-electron chi connectivity index (χ2n) is 3.11. The molecular formula is C8H12FN4O2PS. The molecule has 0 aliphatic heterocycles. The van der Waals surface area contributed by atoms with Crippen LogP contribution in [0.25, 0.3) is 0 Å². The van der Waals surface area contributed by atoms with Crippen molar-refractivity contribution in [3.05, 3.63) is 30.3 Å². The third kappa shape index (κ3) is 4.01. The molecule has 0 aliphatic carbocycles. The first-order valence-electron chi connectivity index (χ1n) is 4.46. The van der Waals surface area contributed by atoms with Gasteiger partial charge in [-0.2, -0.15) is 0 Å². The van der Waals surface area contributed by atoms with Gasteiger partial charge in [-0.1, -0.05) is 18.2 Å². The Balaban J connectivity index is 2.98. The van der Waals surface area contributed by atoms with Gasteiger partial charge in [0.25, 0.3) is 0 Å². The van der Waals surface area contributed by atoms with E-state index in [1.54, 1.807) is 30.3 Å². The van der Waals surface area contributed by atoms with Gasteiger partial charge >= 0.3 is 13.8 Å². The highest BCUT2D eigenvalue weighted by Crippen LogP contribution is 2.43. The zero-order valence-electron chi connectivity index (χ0n) is 8.99. The number of carbonyl (C=O) groups excluding carboxylic acids is 1. The van der Waals surface area contributed by atoms with Gasteiger partial charge in [-0.25, -0.2) is 13.2 Å². The Labute approximate surface area is 103 Å². The van der Waals surface area contributed by atoms with Gasteiger partial charge in [0.05, 0.1) is 17.8 Å². The highest BCUT2D eigenvalue weighted by molar-refractivity contribution is 8.05. The number of nitrogens with two attached hydrogens (primary N) is 2. The van der Waals surface area contributed by atoms with E-state index in [1.165, 1.54) is 7.05 Å². The van der Waals surface area contributed by atoms with Crippen LogP contribution in [-0.2, 0) is 4.57 Å². The lowest BCUT2D eigenvalue weighted by Gasteiger charge is -2.28. The minimum Gasteiger partial charge on any atom is -0.263 e. The average molecular weight is 278 g/mol. The largest absolute Gasteiger partial charge is 0.411 e. The number of hydrogen-bond acceptors (Lipinski definition) is 3. The maximum absolute atomic E-state index is 12.4. The number of carbonyl (C=O) groups is 1. The Morgan fingerprint density at radius 2 is 1.88 bits per heavy atom. The molecule has 0 unspecified atom stereocenters. The van der Waals surface area contributed by atoms with Gasteiger partial charge in [0, 0.05) is 7.05 Å². The number of benzene rings is 1. The van der Waals surface area contributed by atoms with Crippen molar-refractivity contribution in [1.82, 2.24) is 4.31 Å². The smallest absolute Gasteiger partial charge is 0.263 e. The van der Waals surface area contributed by atoms with Crippen molar-refractivity contribution in [3.63, 3.8) is 0 Å². The Kier molecular flexibility index (Phi) is 4.53. The molecule has 1 aromatic rings. The number of hydrogen-bond donors (Lipinski definition) is 2. The van der Waals surface area contributed by atoms with Crippen molar-refractivity contribution in [2.24, 2.45) is 11.0 Å². The Hall–Kier alpha value is -1.08. The van der Waals surface area contributed by atoms with Crippen LogP contribution in [-0.4, -0.2) is 17.5 Å². The summed E-state index contributed by atoms with van der Waals surface area (Å²) in [5.41, 5.74) is 11.1. The summed E-state index contributed by atoms with van der Waals surface area (Å²) < 4.78 is 25.7. The van der Waals surface area contributed by atoms with E-state index in [9.17, 15) is 13.8 Å². The lowest BCUT2D eigenvalue weighted by atomic mass is 10.3. The molecule has 0 spiro atoms. The van der Waals surface area contributed by atoms with Crippen LogP contribution >= 0.6 is 19.7 Å². The van der Waals surface area contributed by atoms with Crippen LogP contribution in [0.5, 0.6) is 0 Å². The van der Waals surface area contributed by atoms with E-state index in [0.29, 0.717) is 22.1 Å². The summed E-state index contributed by atoms with van der Waals surface area (Å²) in [5, 5.41) is 0. The average Bonchev–Trinajstić information content (AvgIpc) is 2.25. The maximum atomic E-state index is 12.4. The van der Waals surface area contributed by atoms with E-state index in [0.717, 1.165) is 4.08 Å². The number of nitrogens with zero attached hydrogens (tertiary/aromatic N) is 2. The highest BCUT2D eigenvalue weighted by atomic mass is 32.2. The fraction of sp³-hybridized carbons (Fsp3) is 0.125. The highest BCUT2D eigenvalue weighted by Gasteiger charge is 2.26. The zero-order chi connectivity index (χ0) is 13.1. The van der Waals surface area contributed by atoms with Crippen LogP contribution < -0.4 is 15.1 Å². The summed E-state index contributed by atoms with van der Waals surface area (Å²) >= 11 is 0.542. The van der Waals surface area contributed by atoms with Gasteiger partial charge in [0.15, 0.2) is 0 Å². The molecule has 0 fully saturated rings. The maximum Gasteiger partial charge on any atom is 0.411 e. The minimum absolute atomic E-state index is 0.416. The predicted octanol–water partition coefficient (Wildman–Crippen LogP) is 2.10. The predicted molar refractivity (Wildman–Crippen MR) is 66.8 cm³/mol. The normalized spacial score (nSPS) is 11.1. The van der Waals surface area contributed by atoms with E-state index in [1.807, 2.05) is 0 Å². The lowest BCUT2D eigenvalue weighted by molar-refractivity contribution is 0.209. The van der Waals surface area contributed by atoms with Gasteiger partial charge in [-0.05, 0) is 12.1 Å². The molecule has 0 bridgehead atoms.